The van der Waals surface area contributed by atoms with Crippen LogP contribution in [0, 0.1) is 0 Å². The van der Waals surface area contributed by atoms with E-state index in [1.54, 1.807) is 47.6 Å². The van der Waals surface area contributed by atoms with Crippen molar-refractivity contribution >= 4 is 32.6 Å². The highest BCUT2D eigenvalue weighted by atomic mass is 32.2. The Hall–Kier alpha value is -2.35. The van der Waals surface area contributed by atoms with Crippen molar-refractivity contribution in [3.63, 3.8) is 0 Å². The number of aromatic nitrogens is 1. The molecule has 0 fully saturated rings. The van der Waals surface area contributed by atoms with Crippen LogP contribution in [0.3, 0.4) is 0 Å². The lowest BCUT2D eigenvalue weighted by Gasteiger charge is -2.19. The average Bonchev–Trinajstić information content (AvgIpc) is 2.94. The standard InChI is InChI=1S/C19H27N3O4S/c1-5-21(6-2)19(24)12-22-11-17(15-9-7-8-10-16(15)22)27(25,26)13-18(23)20-14(3)4/h7-11,14H,5-6,12-13H2,1-4H3,(H,20,23). The highest BCUT2D eigenvalue weighted by Gasteiger charge is 2.25. The average molecular weight is 394 g/mol. The number of fused-ring (bicyclic) bond motifs is 1. The van der Waals surface area contributed by atoms with Crippen LogP contribution < -0.4 is 5.32 Å². The van der Waals surface area contributed by atoms with Crippen LogP contribution in [0.1, 0.15) is 27.7 Å². The molecule has 1 aromatic carbocycles. The summed E-state index contributed by atoms with van der Waals surface area (Å²) in [5.41, 5.74) is 0.654. The van der Waals surface area contributed by atoms with Crippen molar-refractivity contribution in [2.24, 2.45) is 0 Å². The summed E-state index contributed by atoms with van der Waals surface area (Å²) < 4.78 is 27.3. The summed E-state index contributed by atoms with van der Waals surface area (Å²) in [6.07, 6.45) is 1.46. The number of sulfone groups is 1. The van der Waals surface area contributed by atoms with Crippen molar-refractivity contribution in [2.75, 3.05) is 18.8 Å². The second-order valence-corrected chi connectivity index (χ2v) is 8.64. The summed E-state index contributed by atoms with van der Waals surface area (Å²) in [5, 5.41) is 3.12. The monoisotopic (exact) mass is 393 g/mol. The molecule has 0 atom stereocenters. The summed E-state index contributed by atoms with van der Waals surface area (Å²) in [6, 6.07) is 6.87. The van der Waals surface area contributed by atoms with Crippen LogP contribution in [0.25, 0.3) is 10.9 Å². The van der Waals surface area contributed by atoms with E-state index in [9.17, 15) is 18.0 Å². The van der Waals surface area contributed by atoms with Crippen molar-refractivity contribution in [3.05, 3.63) is 30.5 Å². The summed E-state index contributed by atoms with van der Waals surface area (Å²) >= 11 is 0. The van der Waals surface area contributed by atoms with E-state index in [0.717, 1.165) is 0 Å². The van der Waals surface area contributed by atoms with Crippen molar-refractivity contribution in [1.82, 2.24) is 14.8 Å². The fourth-order valence-electron chi connectivity index (χ4n) is 3.03. The van der Waals surface area contributed by atoms with Gasteiger partial charge in [-0.1, -0.05) is 18.2 Å². The number of rotatable bonds is 8. The molecule has 2 amide bonds. The molecule has 0 unspecified atom stereocenters. The minimum atomic E-state index is -3.84. The smallest absolute Gasteiger partial charge is 0.242 e. The van der Waals surface area contributed by atoms with Gasteiger partial charge in [-0.25, -0.2) is 8.42 Å². The number of para-hydroxylation sites is 1. The molecule has 0 radical (unpaired) electrons. The molecule has 0 saturated carbocycles. The topological polar surface area (TPSA) is 88.5 Å². The number of carbonyl (C=O) groups is 2. The highest BCUT2D eigenvalue weighted by Crippen LogP contribution is 2.26. The first-order valence-corrected chi connectivity index (χ1v) is 10.7. The SMILES string of the molecule is CCN(CC)C(=O)Cn1cc(S(=O)(=O)CC(=O)NC(C)C)c2ccccc21. The van der Waals surface area contributed by atoms with Crippen molar-refractivity contribution in [2.45, 2.75) is 45.2 Å². The quantitative estimate of drug-likeness (QED) is 0.741. The number of nitrogens with one attached hydrogen (secondary N) is 1. The van der Waals surface area contributed by atoms with E-state index in [1.807, 2.05) is 13.8 Å². The maximum absolute atomic E-state index is 12.8. The Bertz CT molecular complexity index is 928. The van der Waals surface area contributed by atoms with Gasteiger partial charge in [-0.15, -0.1) is 0 Å². The molecule has 8 heteroatoms. The zero-order valence-corrected chi connectivity index (χ0v) is 17.0. The third-order valence-corrected chi connectivity index (χ3v) is 5.92. The molecule has 0 aliphatic heterocycles. The molecular weight excluding hydrogens is 366 g/mol. The van der Waals surface area contributed by atoms with Gasteiger partial charge in [0.2, 0.25) is 11.8 Å². The summed E-state index contributed by atoms with van der Waals surface area (Å²) in [4.78, 5) is 26.2. The highest BCUT2D eigenvalue weighted by molar-refractivity contribution is 7.92. The summed E-state index contributed by atoms with van der Waals surface area (Å²) in [7, 11) is -3.84. The van der Waals surface area contributed by atoms with Gasteiger partial charge in [0.05, 0.1) is 4.90 Å². The lowest BCUT2D eigenvalue weighted by Crippen LogP contribution is -2.35. The first-order chi connectivity index (χ1) is 12.7. The molecule has 1 aromatic heterocycles. The number of carbonyl (C=O) groups excluding carboxylic acids is 2. The van der Waals surface area contributed by atoms with Crippen molar-refractivity contribution in [3.8, 4) is 0 Å². The van der Waals surface area contributed by atoms with Gasteiger partial charge in [0.25, 0.3) is 0 Å². The molecule has 2 aromatic rings. The Morgan fingerprint density at radius 3 is 2.37 bits per heavy atom. The van der Waals surface area contributed by atoms with Gasteiger partial charge in [0, 0.05) is 36.2 Å². The van der Waals surface area contributed by atoms with Gasteiger partial charge in [0.1, 0.15) is 12.3 Å². The number of hydrogen-bond donors (Lipinski definition) is 1. The van der Waals surface area contributed by atoms with Crippen LogP contribution >= 0.6 is 0 Å². The number of hydrogen-bond acceptors (Lipinski definition) is 4. The van der Waals surface area contributed by atoms with Crippen molar-refractivity contribution in [1.29, 1.82) is 0 Å². The molecule has 0 spiro atoms. The lowest BCUT2D eigenvalue weighted by molar-refractivity contribution is -0.131. The Morgan fingerprint density at radius 2 is 1.78 bits per heavy atom. The van der Waals surface area contributed by atoms with Crippen LogP contribution in [0.2, 0.25) is 0 Å². The number of likely N-dealkylation sites (N-methyl/N-ethyl adjacent to an activating group) is 1. The Balaban J connectivity index is 2.41. The predicted molar refractivity (Wildman–Crippen MR) is 105 cm³/mol. The predicted octanol–water partition coefficient (Wildman–Crippen LogP) is 1.81. The van der Waals surface area contributed by atoms with E-state index in [4.69, 9.17) is 0 Å². The maximum atomic E-state index is 12.8. The van der Waals surface area contributed by atoms with Crippen LogP contribution in [-0.4, -0.2) is 54.6 Å². The molecule has 7 nitrogen and oxygen atoms in total. The van der Waals surface area contributed by atoms with Gasteiger partial charge in [-0.3, -0.25) is 9.59 Å². The van der Waals surface area contributed by atoms with Crippen LogP contribution in [0.5, 0.6) is 0 Å². The zero-order valence-electron chi connectivity index (χ0n) is 16.2. The van der Waals surface area contributed by atoms with Gasteiger partial charge in [0.15, 0.2) is 9.84 Å². The molecule has 1 heterocycles. The number of benzene rings is 1. The Labute approximate surface area is 160 Å². The molecule has 27 heavy (non-hydrogen) atoms. The molecule has 0 aliphatic rings. The molecule has 0 bridgehead atoms. The van der Waals surface area contributed by atoms with E-state index in [2.05, 4.69) is 5.32 Å². The molecule has 0 saturated heterocycles. The van der Waals surface area contributed by atoms with Gasteiger partial charge in [-0.05, 0) is 33.8 Å². The summed E-state index contributed by atoms with van der Waals surface area (Å²) in [6.45, 7) is 8.58. The van der Waals surface area contributed by atoms with E-state index >= 15 is 0 Å². The molecule has 148 valence electrons. The molecular formula is C19H27N3O4S. The largest absolute Gasteiger partial charge is 0.353 e. The van der Waals surface area contributed by atoms with E-state index < -0.39 is 21.5 Å². The van der Waals surface area contributed by atoms with E-state index in [1.165, 1.54) is 6.20 Å². The van der Waals surface area contributed by atoms with Crippen LogP contribution in [0.15, 0.2) is 35.4 Å². The van der Waals surface area contributed by atoms with Gasteiger partial charge >= 0.3 is 0 Å². The molecule has 2 rings (SSSR count). The maximum Gasteiger partial charge on any atom is 0.242 e. The van der Waals surface area contributed by atoms with E-state index in [-0.39, 0.29) is 23.4 Å². The normalized spacial score (nSPS) is 11.7. The summed E-state index contributed by atoms with van der Waals surface area (Å²) in [5.74, 6) is -1.24. The van der Waals surface area contributed by atoms with Gasteiger partial charge < -0.3 is 14.8 Å². The first-order valence-electron chi connectivity index (χ1n) is 9.07. The fourth-order valence-corrected chi connectivity index (χ4v) is 4.41. The fraction of sp³-hybridized carbons (Fsp3) is 0.474. The number of amides is 2. The third-order valence-electron chi connectivity index (χ3n) is 4.28. The van der Waals surface area contributed by atoms with Crippen LogP contribution in [0.4, 0.5) is 0 Å². The Kier molecular flexibility index (Phi) is 6.64. The first kappa shape index (κ1) is 21.0. The lowest BCUT2D eigenvalue weighted by atomic mass is 10.2. The number of nitrogens with zero attached hydrogens (tertiary/aromatic N) is 2. The molecule has 0 aliphatic carbocycles. The zero-order chi connectivity index (χ0) is 20.2. The van der Waals surface area contributed by atoms with Crippen molar-refractivity contribution < 1.29 is 18.0 Å². The second-order valence-electron chi connectivity index (χ2n) is 6.69. The van der Waals surface area contributed by atoms with Crippen LogP contribution in [-0.2, 0) is 26.0 Å². The minimum Gasteiger partial charge on any atom is -0.353 e. The minimum absolute atomic E-state index is 0.0515. The Morgan fingerprint density at radius 1 is 1.15 bits per heavy atom. The van der Waals surface area contributed by atoms with E-state index in [0.29, 0.717) is 24.0 Å². The second kappa shape index (κ2) is 8.56. The third kappa shape index (κ3) is 4.88. The van der Waals surface area contributed by atoms with Gasteiger partial charge in [-0.2, -0.15) is 0 Å². The molecule has 1 N–H and O–H groups in total.